The zero-order chi connectivity index (χ0) is 11.7. The number of benzene rings is 1. The molecule has 2 rings (SSSR count). The maximum Gasteiger partial charge on any atom is 0.134 e. The van der Waals surface area contributed by atoms with Crippen LogP contribution >= 0.6 is 15.9 Å². The molecule has 0 atom stereocenters. The van der Waals surface area contributed by atoms with Crippen LogP contribution in [0.3, 0.4) is 0 Å². The molecule has 0 heterocycles. The first-order valence-electron chi connectivity index (χ1n) is 5.13. The molecule has 0 bridgehead atoms. The smallest absolute Gasteiger partial charge is 0.134 e. The van der Waals surface area contributed by atoms with Crippen molar-refractivity contribution in [3.63, 3.8) is 0 Å². The fourth-order valence-corrected chi connectivity index (χ4v) is 2.63. The lowest BCUT2D eigenvalue weighted by atomic mass is 9.86. The van der Waals surface area contributed by atoms with Crippen LogP contribution in [0.2, 0.25) is 0 Å². The van der Waals surface area contributed by atoms with Gasteiger partial charge < -0.3 is 16.0 Å². The van der Waals surface area contributed by atoms with Crippen LogP contribution in [-0.4, -0.2) is 16.0 Å². The molecule has 0 amide bonds. The number of aromatic hydroxyl groups is 1. The summed E-state index contributed by atoms with van der Waals surface area (Å²) in [6.07, 6.45) is 2.53. The molecule has 0 aromatic heterocycles. The third-order valence-electron chi connectivity index (χ3n) is 2.95. The highest BCUT2D eigenvalue weighted by atomic mass is 79.9. The molecule has 4 nitrogen and oxygen atoms in total. The van der Waals surface area contributed by atoms with Crippen molar-refractivity contribution >= 4 is 21.6 Å². The van der Waals surface area contributed by atoms with E-state index >= 15 is 0 Å². The van der Waals surface area contributed by atoms with Crippen molar-refractivity contribution in [2.75, 3.05) is 0 Å². The zero-order valence-corrected chi connectivity index (χ0v) is 10.3. The van der Waals surface area contributed by atoms with Crippen molar-refractivity contribution in [1.82, 2.24) is 0 Å². The minimum absolute atomic E-state index is 0.195. The van der Waals surface area contributed by atoms with E-state index in [9.17, 15) is 5.11 Å². The summed E-state index contributed by atoms with van der Waals surface area (Å²) in [7, 11) is 0. The van der Waals surface area contributed by atoms with Crippen LogP contribution in [0.1, 0.15) is 29.5 Å². The first-order valence-corrected chi connectivity index (χ1v) is 5.93. The Kier molecular flexibility index (Phi) is 3.16. The van der Waals surface area contributed by atoms with Gasteiger partial charge in [-0.1, -0.05) is 5.16 Å². The van der Waals surface area contributed by atoms with E-state index in [1.807, 2.05) is 0 Å². The van der Waals surface area contributed by atoms with Gasteiger partial charge in [0.25, 0.3) is 0 Å². The standard InChI is InChI=1S/C11H13BrN2O2/c12-9-4-7-6(8(5-13)11(9)15)2-1-3-10(7)14-16/h4,15-16H,1-3,5,13H2. The van der Waals surface area contributed by atoms with Crippen LogP contribution in [0, 0.1) is 0 Å². The van der Waals surface area contributed by atoms with Gasteiger partial charge in [-0.05, 0) is 46.8 Å². The summed E-state index contributed by atoms with van der Waals surface area (Å²) in [4.78, 5) is 0. The van der Waals surface area contributed by atoms with Crippen molar-refractivity contribution in [2.45, 2.75) is 25.8 Å². The Morgan fingerprint density at radius 1 is 1.44 bits per heavy atom. The Balaban J connectivity index is 2.69. The van der Waals surface area contributed by atoms with Gasteiger partial charge in [-0.2, -0.15) is 0 Å². The van der Waals surface area contributed by atoms with Crippen molar-refractivity contribution < 1.29 is 10.3 Å². The summed E-state index contributed by atoms with van der Waals surface area (Å²) < 4.78 is 0.592. The second-order valence-electron chi connectivity index (χ2n) is 3.82. The Hall–Kier alpha value is -1.07. The Labute approximate surface area is 102 Å². The van der Waals surface area contributed by atoms with E-state index in [-0.39, 0.29) is 12.3 Å². The number of fused-ring (bicyclic) bond motifs is 1. The molecule has 0 aliphatic heterocycles. The fraction of sp³-hybridized carbons (Fsp3) is 0.364. The predicted molar refractivity (Wildman–Crippen MR) is 65.0 cm³/mol. The maximum absolute atomic E-state index is 9.88. The van der Waals surface area contributed by atoms with Crippen molar-refractivity contribution in [1.29, 1.82) is 0 Å². The molecule has 1 aromatic carbocycles. The van der Waals surface area contributed by atoms with Gasteiger partial charge in [-0.25, -0.2) is 0 Å². The second-order valence-corrected chi connectivity index (χ2v) is 4.67. The molecule has 0 spiro atoms. The maximum atomic E-state index is 9.88. The van der Waals surface area contributed by atoms with Crippen LogP contribution in [-0.2, 0) is 13.0 Å². The first-order chi connectivity index (χ1) is 7.69. The minimum Gasteiger partial charge on any atom is -0.506 e. The lowest BCUT2D eigenvalue weighted by Crippen LogP contribution is -2.16. The molecule has 4 N–H and O–H groups in total. The van der Waals surface area contributed by atoms with Crippen LogP contribution in [0.25, 0.3) is 0 Å². The summed E-state index contributed by atoms with van der Waals surface area (Å²) in [5.74, 6) is 0.195. The van der Waals surface area contributed by atoms with Gasteiger partial charge in [0.1, 0.15) is 5.75 Å². The average molecular weight is 285 g/mol. The van der Waals surface area contributed by atoms with E-state index < -0.39 is 0 Å². The number of hydrogen-bond donors (Lipinski definition) is 3. The van der Waals surface area contributed by atoms with Gasteiger partial charge in [-0.3, -0.25) is 0 Å². The van der Waals surface area contributed by atoms with Crippen LogP contribution < -0.4 is 5.73 Å². The SMILES string of the molecule is NCc1c(O)c(Br)cc2c1CCCC2=NO. The molecular formula is C11H13BrN2O2. The third kappa shape index (κ3) is 1.70. The van der Waals surface area contributed by atoms with Crippen molar-refractivity contribution in [2.24, 2.45) is 10.9 Å². The quantitative estimate of drug-likeness (QED) is 0.546. The highest BCUT2D eigenvalue weighted by Gasteiger charge is 2.22. The number of halogens is 1. The van der Waals surface area contributed by atoms with E-state index in [0.717, 1.165) is 36.0 Å². The number of hydrogen-bond acceptors (Lipinski definition) is 4. The molecule has 0 saturated carbocycles. The van der Waals surface area contributed by atoms with E-state index in [2.05, 4.69) is 21.1 Å². The Morgan fingerprint density at radius 3 is 2.81 bits per heavy atom. The summed E-state index contributed by atoms with van der Waals surface area (Å²) >= 11 is 3.28. The Bertz CT molecular complexity index is 458. The molecule has 1 aliphatic carbocycles. The minimum atomic E-state index is 0.195. The number of rotatable bonds is 1. The fourth-order valence-electron chi connectivity index (χ4n) is 2.17. The molecule has 1 aliphatic rings. The molecule has 16 heavy (non-hydrogen) atoms. The van der Waals surface area contributed by atoms with Crippen LogP contribution in [0.15, 0.2) is 15.7 Å². The summed E-state index contributed by atoms with van der Waals surface area (Å²) in [5, 5.41) is 22.1. The Morgan fingerprint density at radius 2 is 2.19 bits per heavy atom. The monoisotopic (exact) mass is 284 g/mol. The first kappa shape index (κ1) is 11.4. The molecule has 1 aromatic rings. The third-order valence-corrected chi connectivity index (χ3v) is 3.55. The van der Waals surface area contributed by atoms with Crippen molar-refractivity contribution in [3.8, 4) is 5.75 Å². The molecule has 0 saturated heterocycles. The number of nitrogens with two attached hydrogens (primary N) is 1. The van der Waals surface area contributed by atoms with Crippen molar-refractivity contribution in [3.05, 3.63) is 27.2 Å². The second kappa shape index (κ2) is 4.43. The normalized spacial score (nSPS) is 17.5. The van der Waals surface area contributed by atoms with Gasteiger partial charge in [0.05, 0.1) is 10.2 Å². The summed E-state index contributed by atoms with van der Waals surface area (Å²) in [6, 6.07) is 1.79. The van der Waals surface area contributed by atoms with Gasteiger partial charge in [0.2, 0.25) is 0 Å². The molecule has 0 fully saturated rings. The molecule has 5 heteroatoms. The highest BCUT2D eigenvalue weighted by molar-refractivity contribution is 9.10. The van der Waals surface area contributed by atoms with Gasteiger partial charge >= 0.3 is 0 Å². The van der Waals surface area contributed by atoms with Gasteiger partial charge in [-0.15, -0.1) is 0 Å². The van der Waals surface area contributed by atoms with Crippen LogP contribution in [0.5, 0.6) is 5.75 Å². The van der Waals surface area contributed by atoms with E-state index in [4.69, 9.17) is 10.9 Å². The molecular weight excluding hydrogens is 272 g/mol. The number of phenols is 1. The molecule has 0 unspecified atom stereocenters. The highest BCUT2D eigenvalue weighted by Crippen LogP contribution is 2.36. The lowest BCUT2D eigenvalue weighted by molar-refractivity contribution is 0.317. The molecule has 0 radical (unpaired) electrons. The molecule has 86 valence electrons. The zero-order valence-electron chi connectivity index (χ0n) is 8.70. The summed E-state index contributed by atoms with van der Waals surface area (Å²) in [6.45, 7) is 0.284. The van der Waals surface area contributed by atoms with E-state index in [1.54, 1.807) is 6.07 Å². The predicted octanol–water partition coefficient (Wildman–Crippen LogP) is 2.13. The largest absolute Gasteiger partial charge is 0.506 e. The number of oxime groups is 1. The van der Waals surface area contributed by atoms with Gasteiger partial charge in [0.15, 0.2) is 0 Å². The average Bonchev–Trinajstić information content (AvgIpc) is 2.30. The topological polar surface area (TPSA) is 78.8 Å². The van der Waals surface area contributed by atoms with E-state index in [0.29, 0.717) is 10.2 Å². The van der Waals surface area contributed by atoms with Crippen LogP contribution in [0.4, 0.5) is 0 Å². The number of phenolic OH excluding ortho intramolecular Hbond substituents is 1. The van der Waals surface area contributed by atoms with E-state index in [1.165, 1.54) is 0 Å². The lowest BCUT2D eigenvalue weighted by Gasteiger charge is -2.21. The summed E-state index contributed by atoms with van der Waals surface area (Å²) in [5.41, 5.74) is 8.94. The number of nitrogens with zero attached hydrogens (tertiary/aromatic N) is 1. The van der Waals surface area contributed by atoms with Gasteiger partial charge in [0, 0.05) is 17.7 Å².